The molecule has 1 aromatic heterocycles. The fourth-order valence-corrected chi connectivity index (χ4v) is 1.86. The molecule has 0 saturated heterocycles. The van der Waals surface area contributed by atoms with E-state index in [-0.39, 0.29) is 5.88 Å². The molecule has 7 heteroatoms. The van der Waals surface area contributed by atoms with Crippen LogP contribution in [0.2, 0.25) is 10.0 Å². The Morgan fingerprint density at radius 3 is 2.72 bits per heavy atom. The van der Waals surface area contributed by atoms with Crippen molar-refractivity contribution in [3.8, 4) is 5.75 Å². The van der Waals surface area contributed by atoms with Gasteiger partial charge in [-0.2, -0.15) is 0 Å². The Labute approximate surface area is 119 Å². The summed E-state index contributed by atoms with van der Waals surface area (Å²) in [5.41, 5.74) is 0. The molecule has 18 heavy (non-hydrogen) atoms. The largest absolute Gasteiger partial charge is 0.479 e. The number of halogens is 3. The van der Waals surface area contributed by atoms with Crippen LogP contribution in [0, 0.1) is 0 Å². The van der Waals surface area contributed by atoms with Gasteiger partial charge in [-0.25, -0.2) is 0 Å². The van der Waals surface area contributed by atoms with Crippen molar-refractivity contribution in [2.75, 3.05) is 0 Å². The van der Waals surface area contributed by atoms with Crippen molar-refractivity contribution in [2.45, 2.75) is 18.9 Å². The molecule has 2 aromatic rings. The number of aromatic nitrogens is 2. The molecule has 0 amide bonds. The Morgan fingerprint density at radius 2 is 2.11 bits per heavy atom. The van der Waals surface area contributed by atoms with Gasteiger partial charge < -0.3 is 9.15 Å². The van der Waals surface area contributed by atoms with E-state index in [1.165, 1.54) is 0 Å². The van der Waals surface area contributed by atoms with Crippen molar-refractivity contribution in [2.24, 2.45) is 0 Å². The van der Waals surface area contributed by atoms with Gasteiger partial charge in [0.05, 0.1) is 5.02 Å². The van der Waals surface area contributed by atoms with Crippen LogP contribution in [0.3, 0.4) is 0 Å². The second-order valence-electron chi connectivity index (χ2n) is 3.50. The molecule has 0 spiro atoms. The summed E-state index contributed by atoms with van der Waals surface area (Å²) in [6.45, 7) is 1.77. The van der Waals surface area contributed by atoms with Crippen LogP contribution in [0.25, 0.3) is 0 Å². The van der Waals surface area contributed by atoms with Crippen LogP contribution in [0.5, 0.6) is 5.75 Å². The molecule has 2 rings (SSSR count). The Hall–Kier alpha value is -0.970. The van der Waals surface area contributed by atoms with Crippen molar-refractivity contribution in [3.63, 3.8) is 0 Å². The number of nitrogens with zero attached hydrogens (tertiary/aromatic N) is 2. The van der Waals surface area contributed by atoms with Crippen LogP contribution in [0.15, 0.2) is 22.6 Å². The van der Waals surface area contributed by atoms with Gasteiger partial charge >= 0.3 is 0 Å². The van der Waals surface area contributed by atoms with Crippen LogP contribution in [-0.2, 0) is 5.88 Å². The molecule has 1 atom stereocenters. The van der Waals surface area contributed by atoms with E-state index in [0.29, 0.717) is 27.6 Å². The molecule has 1 heterocycles. The van der Waals surface area contributed by atoms with Crippen LogP contribution in [0.4, 0.5) is 0 Å². The summed E-state index contributed by atoms with van der Waals surface area (Å²) >= 11 is 17.4. The lowest BCUT2D eigenvalue weighted by Gasteiger charge is -2.12. The number of rotatable bonds is 4. The molecule has 0 N–H and O–H groups in total. The SMILES string of the molecule is CC(Oc1ccc(Cl)cc1Cl)c1nnc(CCl)o1. The molecule has 0 bridgehead atoms. The van der Waals surface area contributed by atoms with Gasteiger partial charge in [0.2, 0.25) is 5.89 Å². The summed E-state index contributed by atoms with van der Waals surface area (Å²) in [6, 6.07) is 4.97. The van der Waals surface area contributed by atoms with Gasteiger partial charge in [0.25, 0.3) is 5.89 Å². The van der Waals surface area contributed by atoms with Crippen LogP contribution >= 0.6 is 34.8 Å². The standard InChI is InChI=1S/C11H9Cl3N2O2/c1-6(11-16-15-10(5-12)18-11)17-9-3-2-7(13)4-8(9)14/h2-4,6H,5H2,1H3. The Morgan fingerprint density at radius 1 is 1.33 bits per heavy atom. The lowest BCUT2D eigenvalue weighted by molar-refractivity contribution is 0.187. The van der Waals surface area contributed by atoms with E-state index in [0.717, 1.165) is 0 Å². The van der Waals surface area contributed by atoms with Crippen molar-refractivity contribution in [1.82, 2.24) is 10.2 Å². The van der Waals surface area contributed by atoms with Crippen molar-refractivity contribution < 1.29 is 9.15 Å². The van der Waals surface area contributed by atoms with Gasteiger partial charge in [0.15, 0.2) is 6.10 Å². The minimum Gasteiger partial charge on any atom is -0.479 e. The molecule has 0 radical (unpaired) electrons. The van der Waals surface area contributed by atoms with Gasteiger partial charge in [-0.1, -0.05) is 23.2 Å². The monoisotopic (exact) mass is 306 g/mol. The number of hydrogen-bond donors (Lipinski definition) is 0. The maximum atomic E-state index is 6.00. The Kier molecular flexibility index (Phi) is 4.32. The second kappa shape index (κ2) is 5.78. The van der Waals surface area contributed by atoms with E-state index in [9.17, 15) is 0 Å². The highest BCUT2D eigenvalue weighted by atomic mass is 35.5. The summed E-state index contributed by atoms with van der Waals surface area (Å²) in [5.74, 6) is 1.36. The quantitative estimate of drug-likeness (QED) is 0.792. The first-order valence-corrected chi connectivity index (χ1v) is 6.39. The van der Waals surface area contributed by atoms with Gasteiger partial charge in [0.1, 0.15) is 11.6 Å². The second-order valence-corrected chi connectivity index (χ2v) is 4.61. The first-order chi connectivity index (χ1) is 8.60. The molecule has 96 valence electrons. The van der Waals surface area contributed by atoms with Gasteiger partial charge in [0, 0.05) is 5.02 Å². The molecule has 0 aliphatic carbocycles. The van der Waals surface area contributed by atoms with Gasteiger partial charge in [-0.15, -0.1) is 21.8 Å². The summed E-state index contributed by atoms with van der Waals surface area (Å²) < 4.78 is 10.9. The third-order valence-electron chi connectivity index (χ3n) is 2.14. The zero-order valence-corrected chi connectivity index (χ0v) is 11.6. The first-order valence-electron chi connectivity index (χ1n) is 5.10. The van der Waals surface area contributed by atoms with Crippen molar-refractivity contribution >= 4 is 34.8 Å². The lowest BCUT2D eigenvalue weighted by atomic mass is 10.3. The van der Waals surface area contributed by atoms with Crippen molar-refractivity contribution in [3.05, 3.63) is 40.0 Å². The van der Waals surface area contributed by atoms with E-state index >= 15 is 0 Å². The highest BCUT2D eigenvalue weighted by Crippen LogP contribution is 2.30. The average molecular weight is 308 g/mol. The number of ether oxygens (including phenoxy) is 1. The number of alkyl halides is 1. The van der Waals surface area contributed by atoms with Crippen LogP contribution < -0.4 is 4.74 Å². The predicted octanol–water partition coefficient (Wildman–Crippen LogP) is 4.26. The first kappa shape index (κ1) is 13.5. The van der Waals surface area contributed by atoms with Crippen molar-refractivity contribution in [1.29, 1.82) is 0 Å². The lowest BCUT2D eigenvalue weighted by Crippen LogP contribution is -2.03. The fraction of sp³-hybridized carbons (Fsp3) is 0.273. The average Bonchev–Trinajstić information content (AvgIpc) is 2.81. The molecule has 4 nitrogen and oxygen atoms in total. The predicted molar refractivity (Wildman–Crippen MR) is 69.4 cm³/mol. The maximum Gasteiger partial charge on any atom is 0.256 e. The molecule has 1 unspecified atom stereocenters. The Bertz CT molecular complexity index is 545. The molecular formula is C11H9Cl3N2O2. The summed E-state index contributed by atoms with van der Waals surface area (Å²) in [4.78, 5) is 0. The number of hydrogen-bond acceptors (Lipinski definition) is 4. The van der Waals surface area contributed by atoms with Gasteiger partial charge in [-0.3, -0.25) is 0 Å². The smallest absolute Gasteiger partial charge is 0.256 e. The third kappa shape index (κ3) is 3.07. The molecule has 0 saturated carbocycles. The molecule has 0 aliphatic rings. The van der Waals surface area contributed by atoms with Crippen LogP contribution in [0.1, 0.15) is 24.8 Å². The molecular weight excluding hydrogens is 298 g/mol. The van der Waals surface area contributed by atoms with E-state index in [4.69, 9.17) is 44.0 Å². The maximum absolute atomic E-state index is 6.00. The van der Waals surface area contributed by atoms with E-state index in [2.05, 4.69) is 10.2 Å². The minimum absolute atomic E-state index is 0.168. The number of benzene rings is 1. The summed E-state index contributed by atoms with van der Waals surface area (Å²) in [7, 11) is 0. The summed E-state index contributed by atoms with van der Waals surface area (Å²) in [5, 5.41) is 8.55. The van der Waals surface area contributed by atoms with Gasteiger partial charge in [-0.05, 0) is 25.1 Å². The van der Waals surface area contributed by atoms with E-state index < -0.39 is 6.10 Å². The minimum atomic E-state index is -0.423. The van der Waals surface area contributed by atoms with E-state index in [1.807, 2.05) is 0 Å². The molecule has 1 aromatic carbocycles. The normalized spacial score (nSPS) is 12.4. The van der Waals surface area contributed by atoms with Crippen LogP contribution in [-0.4, -0.2) is 10.2 Å². The highest BCUT2D eigenvalue weighted by molar-refractivity contribution is 6.35. The Balaban J connectivity index is 2.13. The molecule has 0 aliphatic heterocycles. The third-order valence-corrected chi connectivity index (χ3v) is 2.90. The molecule has 0 fully saturated rings. The fourth-order valence-electron chi connectivity index (χ4n) is 1.30. The zero-order valence-electron chi connectivity index (χ0n) is 9.36. The highest BCUT2D eigenvalue weighted by Gasteiger charge is 2.16. The summed E-state index contributed by atoms with van der Waals surface area (Å²) in [6.07, 6.45) is -0.423. The zero-order chi connectivity index (χ0) is 13.1. The van der Waals surface area contributed by atoms with E-state index in [1.54, 1.807) is 25.1 Å². The topological polar surface area (TPSA) is 48.2 Å².